The molecule has 1 aromatic carbocycles. The fourth-order valence-electron chi connectivity index (χ4n) is 1.28. The molecule has 0 unspecified atom stereocenters. The van der Waals surface area contributed by atoms with Crippen LogP contribution in [0.2, 0.25) is 0 Å². The largest absolute Gasteiger partial charge is 0.391 e. The lowest BCUT2D eigenvalue weighted by molar-refractivity contribution is -0.146. The summed E-state index contributed by atoms with van der Waals surface area (Å²) in [6.45, 7) is -0.927. The molecule has 0 heterocycles. The van der Waals surface area contributed by atoms with Crippen molar-refractivity contribution in [1.29, 1.82) is 0 Å². The molecule has 3 N–H and O–H groups in total. The van der Waals surface area contributed by atoms with Gasteiger partial charge in [0, 0.05) is 11.1 Å². The monoisotopic (exact) mass is 280 g/mol. The van der Waals surface area contributed by atoms with Crippen LogP contribution in [-0.2, 0) is 11.3 Å². The number of hydrogen-bond donors (Lipinski definition) is 2. The van der Waals surface area contributed by atoms with E-state index in [9.17, 15) is 22.4 Å². The molecule has 106 valence electrons. The van der Waals surface area contributed by atoms with E-state index >= 15 is 0 Å². The van der Waals surface area contributed by atoms with Gasteiger partial charge in [-0.15, -0.1) is 0 Å². The van der Waals surface area contributed by atoms with Crippen molar-refractivity contribution in [3.05, 3.63) is 35.1 Å². The van der Waals surface area contributed by atoms with E-state index in [4.69, 9.17) is 10.6 Å². The molecule has 0 spiro atoms. The van der Waals surface area contributed by atoms with Crippen molar-refractivity contribution in [1.82, 2.24) is 5.43 Å². The van der Waals surface area contributed by atoms with Crippen molar-refractivity contribution in [2.24, 2.45) is 5.84 Å². The Hall–Kier alpha value is -1.67. The molecule has 0 aliphatic carbocycles. The van der Waals surface area contributed by atoms with Gasteiger partial charge in [0.25, 0.3) is 5.91 Å². The number of rotatable bonds is 5. The van der Waals surface area contributed by atoms with E-state index in [0.29, 0.717) is 0 Å². The first kappa shape index (κ1) is 15.4. The minimum Gasteiger partial charge on any atom is -0.376 e. The fraction of sp³-hybridized carbons (Fsp3) is 0.364. The quantitative estimate of drug-likeness (QED) is 0.285. The molecule has 0 aromatic heterocycles. The average Bonchev–Trinajstić information content (AvgIpc) is 2.34. The number of ether oxygens (including phenoxy) is 1. The lowest BCUT2D eigenvalue weighted by Crippen LogP contribution is -2.30. The first-order valence-electron chi connectivity index (χ1n) is 5.27. The summed E-state index contributed by atoms with van der Waals surface area (Å²) >= 11 is 0. The lowest BCUT2D eigenvalue weighted by Gasteiger charge is -2.09. The zero-order valence-corrected chi connectivity index (χ0v) is 9.76. The van der Waals surface area contributed by atoms with Gasteiger partial charge in [-0.2, -0.15) is 13.2 Å². The molecule has 0 atom stereocenters. The van der Waals surface area contributed by atoms with Gasteiger partial charge in [0.2, 0.25) is 0 Å². The normalized spacial score (nSPS) is 11.4. The molecule has 0 aliphatic heterocycles. The van der Waals surface area contributed by atoms with Gasteiger partial charge in [-0.3, -0.25) is 10.2 Å². The van der Waals surface area contributed by atoms with Crippen LogP contribution < -0.4 is 11.3 Å². The minimum atomic E-state index is -4.32. The van der Waals surface area contributed by atoms with Crippen LogP contribution in [0.25, 0.3) is 0 Å². The molecule has 0 aliphatic rings. The van der Waals surface area contributed by atoms with Gasteiger partial charge in [0.1, 0.15) is 5.82 Å². The fourth-order valence-corrected chi connectivity index (χ4v) is 1.28. The van der Waals surface area contributed by atoms with Gasteiger partial charge in [-0.1, -0.05) is 0 Å². The molecule has 0 bridgehead atoms. The average molecular weight is 280 g/mol. The van der Waals surface area contributed by atoms with E-state index in [0.717, 1.165) is 6.07 Å². The summed E-state index contributed by atoms with van der Waals surface area (Å²) in [6.07, 6.45) is -5.43. The number of nitrogens with two attached hydrogens (primary N) is 1. The van der Waals surface area contributed by atoms with Crippen molar-refractivity contribution < 1.29 is 27.1 Å². The van der Waals surface area contributed by atoms with Crippen molar-refractivity contribution >= 4 is 5.91 Å². The maximum atomic E-state index is 13.3. The Bertz CT molecular complexity index is 449. The molecule has 1 aromatic rings. The van der Waals surface area contributed by atoms with Crippen molar-refractivity contribution in [2.75, 3.05) is 6.61 Å². The number of alkyl halides is 3. The summed E-state index contributed by atoms with van der Waals surface area (Å²) in [5.41, 5.74) is 1.95. The Morgan fingerprint density at radius 2 is 2.05 bits per heavy atom. The van der Waals surface area contributed by atoms with Crippen LogP contribution in [0.4, 0.5) is 17.6 Å². The van der Waals surface area contributed by atoms with Gasteiger partial charge in [0.05, 0.1) is 19.6 Å². The van der Waals surface area contributed by atoms with Gasteiger partial charge >= 0.3 is 6.18 Å². The Morgan fingerprint density at radius 1 is 1.37 bits per heavy atom. The van der Waals surface area contributed by atoms with Crippen LogP contribution >= 0.6 is 0 Å². The highest BCUT2D eigenvalue weighted by atomic mass is 19.4. The SMILES string of the molecule is NNC(=O)c1ccc(F)c(COCCC(F)(F)F)c1. The summed E-state index contributed by atoms with van der Waals surface area (Å²) in [5, 5.41) is 0. The highest BCUT2D eigenvalue weighted by Gasteiger charge is 2.26. The van der Waals surface area contributed by atoms with E-state index < -0.39 is 30.9 Å². The predicted molar refractivity (Wildman–Crippen MR) is 58.4 cm³/mol. The maximum Gasteiger partial charge on any atom is 0.391 e. The Labute approximate surface area is 106 Å². The molecule has 1 rings (SSSR count). The van der Waals surface area contributed by atoms with Crippen LogP contribution in [0.15, 0.2) is 18.2 Å². The third-order valence-electron chi connectivity index (χ3n) is 2.23. The van der Waals surface area contributed by atoms with Crippen LogP contribution in [0.1, 0.15) is 22.3 Å². The summed E-state index contributed by atoms with van der Waals surface area (Å²) in [5.74, 6) is 3.62. The van der Waals surface area contributed by atoms with Gasteiger partial charge in [-0.05, 0) is 18.2 Å². The summed E-state index contributed by atoms with van der Waals surface area (Å²) in [4.78, 5) is 11.2. The van der Waals surface area contributed by atoms with Crippen LogP contribution in [0.3, 0.4) is 0 Å². The van der Waals surface area contributed by atoms with E-state index in [2.05, 4.69) is 0 Å². The van der Waals surface area contributed by atoms with Crippen molar-refractivity contribution in [2.45, 2.75) is 19.2 Å². The molecule has 0 radical (unpaired) electrons. The lowest BCUT2D eigenvalue weighted by atomic mass is 10.1. The maximum absolute atomic E-state index is 13.3. The number of nitrogen functional groups attached to an aromatic ring is 1. The summed E-state index contributed by atoms with van der Waals surface area (Å²) in [7, 11) is 0. The van der Waals surface area contributed by atoms with Gasteiger partial charge in [-0.25, -0.2) is 10.2 Å². The molecule has 1 amide bonds. The summed E-state index contributed by atoms with van der Waals surface area (Å²) in [6, 6.07) is 3.40. The van der Waals surface area contributed by atoms with E-state index in [-0.39, 0.29) is 17.7 Å². The van der Waals surface area contributed by atoms with Crippen molar-refractivity contribution in [3.8, 4) is 0 Å². The smallest absolute Gasteiger partial charge is 0.376 e. The molecule has 4 nitrogen and oxygen atoms in total. The van der Waals surface area contributed by atoms with Crippen LogP contribution in [-0.4, -0.2) is 18.7 Å². The minimum absolute atomic E-state index is 0.0109. The number of nitrogens with one attached hydrogen (secondary N) is 1. The summed E-state index contributed by atoms with van der Waals surface area (Å²) < 4.78 is 53.6. The number of benzene rings is 1. The molecule has 0 fully saturated rings. The van der Waals surface area contributed by atoms with Crippen LogP contribution in [0.5, 0.6) is 0 Å². The number of amides is 1. The third-order valence-corrected chi connectivity index (χ3v) is 2.23. The molecule has 8 heteroatoms. The second-order valence-electron chi connectivity index (χ2n) is 3.70. The Morgan fingerprint density at radius 3 is 2.63 bits per heavy atom. The Balaban J connectivity index is 2.60. The number of hydrogen-bond acceptors (Lipinski definition) is 3. The van der Waals surface area contributed by atoms with Gasteiger partial charge in [0.15, 0.2) is 0 Å². The number of carbonyl (C=O) groups excluding carboxylic acids is 1. The standard InChI is InChI=1S/C11H12F4N2O2/c12-9-2-1-7(10(18)17-16)5-8(9)6-19-4-3-11(13,14)15/h1-2,5H,3-4,6,16H2,(H,17,18). The second-order valence-corrected chi connectivity index (χ2v) is 3.70. The van der Waals surface area contributed by atoms with E-state index in [1.807, 2.05) is 5.43 Å². The van der Waals surface area contributed by atoms with E-state index in [1.165, 1.54) is 12.1 Å². The number of carbonyl (C=O) groups is 1. The first-order chi connectivity index (χ1) is 8.83. The molecule has 0 saturated carbocycles. The van der Waals surface area contributed by atoms with Crippen molar-refractivity contribution in [3.63, 3.8) is 0 Å². The number of halogens is 4. The molecule has 0 saturated heterocycles. The van der Waals surface area contributed by atoms with E-state index in [1.54, 1.807) is 0 Å². The predicted octanol–water partition coefficient (Wildman–Crippen LogP) is 1.90. The number of hydrazine groups is 1. The second kappa shape index (κ2) is 6.48. The third kappa shape index (κ3) is 5.23. The molecular formula is C11H12F4N2O2. The highest BCUT2D eigenvalue weighted by molar-refractivity contribution is 5.93. The van der Waals surface area contributed by atoms with Gasteiger partial charge < -0.3 is 4.74 Å². The first-order valence-corrected chi connectivity index (χ1v) is 5.27. The molecule has 19 heavy (non-hydrogen) atoms. The highest BCUT2D eigenvalue weighted by Crippen LogP contribution is 2.19. The zero-order valence-electron chi connectivity index (χ0n) is 9.76. The Kier molecular flexibility index (Phi) is 5.25. The zero-order chi connectivity index (χ0) is 14.5. The molecular weight excluding hydrogens is 268 g/mol. The topological polar surface area (TPSA) is 64.3 Å². The van der Waals surface area contributed by atoms with Crippen LogP contribution in [0, 0.1) is 5.82 Å².